The van der Waals surface area contributed by atoms with Crippen LogP contribution in [0.1, 0.15) is 58.7 Å². The Morgan fingerprint density at radius 3 is 2.53 bits per heavy atom. The molecule has 5 heteroatoms. The fraction of sp³-hybridized carbons (Fsp3) is 0.714. The molecule has 0 atom stereocenters. The molecule has 19 heavy (non-hydrogen) atoms. The number of unbranched alkanes of at least 4 members (excludes halogenated alkanes) is 1. The summed E-state index contributed by atoms with van der Waals surface area (Å²) in [6.45, 7) is 9.81. The van der Waals surface area contributed by atoms with E-state index < -0.39 is 0 Å². The Morgan fingerprint density at radius 2 is 1.95 bits per heavy atom. The first-order valence-electron chi connectivity index (χ1n) is 7.14. The lowest BCUT2D eigenvalue weighted by molar-refractivity contribution is 0.305. The number of hydrogen-bond acceptors (Lipinski definition) is 5. The summed E-state index contributed by atoms with van der Waals surface area (Å²) in [5.74, 6) is 2.20. The van der Waals surface area contributed by atoms with Crippen molar-refractivity contribution in [3.05, 3.63) is 5.82 Å². The normalized spacial score (nSPS) is 10.8. The zero-order valence-electron chi connectivity index (χ0n) is 12.5. The summed E-state index contributed by atoms with van der Waals surface area (Å²) in [6, 6.07) is 0. The SMILES string of the molecule is CCCCNc1nc(C(C)C)nc(OCCC)c1N. The third-order valence-corrected chi connectivity index (χ3v) is 2.71. The summed E-state index contributed by atoms with van der Waals surface area (Å²) in [4.78, 5) is 8.88. The molecule has 0 saturated carbocycles. The Balaban J connectivity index is 2.95. The average Bonchev–Trinajstić information content (AvgIpc) is 2.39. The number of ether oxygens (including phenoxy) is 1. The van der Waals surface area contributed by atoms with E-state index in [1.165, 1.54) is 0 Å². The summed E-state index contributed by atoms with van der Waals surface area (Å²) in [5.41, 5.74) is 6.57. The van der Waals surface area contributed by atoms with Crippen LogP contribution in [0, 0.1) is 0 Å². The van der Waals surface area contributed by atoms with Gasteiger partial charge in [0.1, 0.15) is 11.5 Å². The van der Waals surface area contributed by atoms with E-state index in [2.05, 4.69) is 43.0 Å². The molecule has 0 aromatic carbocycles. The first-order valence-corrected chi connectivity index (χ1v) is 7.14. The number of nitrogens with one attached hydrogen (secondary N) is 1. The molecular formula is C14H26N4O. The molecule has 0 fully saturated rings. The number of nitrogens with two attached hydrogens (primary N) is 1. The second kappa shape index (κ2) is 7.81. The van der Waals surface area contributed by atoms with Gasteiger partial charge in [0.25, 0.3) is 0 Å². The van der Waals surface area contributed by atoms with Gasteiger partial charge < -0.3 is 15.8 Å². The number of nitrogens with zero attached hydrogens (tertiary/aromatic N) is 2. The van der Waals surface area contributed by atoms with Crippen LogP contribution in [0.25, 0.3) is 0 Å². The van der Waals surface area contributed by atoms with E-state index in [4.69, 9.17) is 10.5 Å². The molecule has 0 aliphatic rings. The molecule has 0 saturated heterocycles. The van der Waals surface area contributed by atoms with E-state index >= 15 is 0 Å². The quantitative estimate of drug-likeness (QED) is 0.707. The molecule has 0 aliphatic carbocycles. The first kappa shape index (κ1) is 15.5. The van der Waals surface area contributed by atoms with Crippen LogP contribution >= 0.6 is 0 Å². The van der Waals surface area contributed by atoms with Crippen molar-refractivity contribution < 1.29 is 4.74 Å². The number of hydrogen-bond donors (Lipinski definition) is 2. The molecule has 0 amide bonds. The minimum absolute atomic E-state index is 0.247. The van der Waals surface area contributed by atoms with Crippen molar-refractivity contribution >= 4 is 11.5 Å². The van der Waals surface area contributed by atoms with Gasteiger partial charge in [-0.3, -0.25) is 0 Å². The maximum atomic E-state index is 6.06. The molecule has 0 bridgehead atoms. The lowest BCUT2D eigenvalue weighted by Crippen LogP contribution is -2.12. The van der Waals surface area contributed by atoms with Crippen LogP contribution in [-0.2, 0) is 0 Å². The summed E-state index contributed by atoms with van der Waals surface area (Å²) in [5, 5.41) is 3.27. The molecule has 0 unspecified atom stereocenters. The first-order chi connectivity index (χ1) is 9.10. The lowest BCUT2D eigenvalue weighted by atomic mass is 10.2. The Kier molecular flexibility index (Phi) is 6.39. The van der Waals surface area contributed by atoms with E-state index in [-0.39, 0.29) is 5.92 Å². The Bertz CT molecular complexity index is 393. The van der Waals surface area contributed by atoms with Crippen LogP contribution in [0.5, 0.6) is 5.88 Å². The van der Waals surface area contributed by atoms with Crippen LogP contribution in [0.3, 0.4) is 0 Å². The average molecular weight is 266 g/mol. The van der Waals surface area contributed by atoms with Crippen LogP contribution in [-0.4, -0.2) is 23.1 Å². The number of aromatic nitrogens is 2. The highest BCUT2D eigenvalue weighted by molar-refractivity contribution is 5.67. The second-order valence-corrected chi connectivity index (χ2v) is 4.93. The van der Waals surface area contributed by atoms with Gasteiger partial charge in [0.15, 0.2) is 5.82 Å². The van der Waals surface area contributed by atoms with Crippen LogP contribution in [0.15, 0.2) is 0 Å². The highest BCUT2D eigenvalue weighted by Crippen LogP contribution is 2.28. The summed E-state index contributed by atoms with van der Waals surface area (Å²) in [6.07, 6.45) is 3.15. The van der Waals surface area contributed by atoms with Gasteiger partial charge in [-0.1, -0.05) is 34.1 Å². The van der Waals surface area contributed by atoms with Crippen molar-refractivity contribution in [1.29, 1.82) is 0 Å². The highest BCUT2D eigenvalue weighted by atomic mass is 16.5. The third-order valence-electron chi connectivity index (χ3n) is 2.71. The van der Waals surface area contributed by atoms with Crippen LogP contribution in [0.4, 0.5) is 11.5 Å². The Hall–Kier alpha value is -1.52. The van der Waals surface area contributed by atoms with Crippen LogP contribution < -0.4 is 15.8 Å². The van der Waals surface area contributed by atoms with Crippen molar-refractivity contribution in [3.63, 3.8) is 0 Å². The molecule has 0 aliphatic heterocycles. The predicted molar refractivity (Wildman–Crippen MR) is 79.7 cm³/mol. The second-order valence-electron chi connectivity index (χ2n) is 4.93. The Morgan fingerprint density at radius 1 is 1.21 bits per heavy atom. The minimum atomic E-state index is 0.247. The Labute approximate surface area is 116 Å². The largest absolute Gasteiger partial charge is 0.476 e. The molecule has 3 N–H and O–H groups in total. The maximum absolute atomic E-state index is 6.06. The minimum Gasteiger partial charge on any atom is -0.476 e. The molecule has 5 nitrogen and oxygen atoms in total. The molecule has 1 heterocycles. The smallest absolute Gasteiger partial charge is 0.242 e. The number of rotatable bonds is 8. The number of anilines is 2. The van der Waals surface area contributed by atoms with Gasteiger partial charge in [0.05, 0.1) is 6.61 Å². The van der Waals surface area contributed by atoms with Gasteiger partial charge >= 0.3 is 0 Å². The van der Waals surface area contributed by atoms with E-state index in [9.17, 15) is 0 Å². The van der Waals surface area contributed by atoms with Crippen molar-refractivity contribution in [3.8, 4) is 5.88 Å². The summed E-state index contributed by atoms with van der Waals surface area (Å²) >= 11 is 0. The van der Waals surface area contributed by atoms with E-state index in [0.717, 1.165) is 31.6 Å². The highest BCUT2D eigenvalue weighted by Gasteiger charge is 2.14. The summed E-state index contributed by atoms with van der Waals surface area (Å²) < 4.78 is 5.61. The molecule has 1 rings (SSSR count). The summed E-state index contributed by atoms with van der Waals surface area (Å²) in [7, 11) is 0. The van der Waals surface area contributed by atoms with E-state index in [0.29, 0.717) is 24.0 Å². The fourth-order valence-electron chi connectivity index (χ4n) is 1.55. The van der Waals surface area contributed by atoms with Crippen molar-refractivity contribution in [1.82, 2.24) is 9.97 Å². The molecule has 1 aromatic heterocycles. The fourth-order valence-corrected chi connectivity index (χ4v) is 1.55. The predicted octanol–water partition coefficient (Wildman–Crippen LogP) is 3.18. The molecule has 0 spiro atoms. The van der Waals surface area contributed by atoms with Crippen LogP contribution in [0.2, 0.25) is 0 Å². The third kappa shape index (κ3) is 4.58. The molecule has 0 radical (unpaired) electrons. The monoisotopic (exact) mass is 266 g/mol. The van der Waals surface area contributed by atoms with Gasteiger partial charge in [-0.25, -0.2) is 4.98 Å². The molecule has 108 valence electrons. The molecular weight excluding hydrogens is 240 g/mol. The lowest BCUT2D eigenvalue weighted by Gasteiger charge is -2.15. The van der Waals surface area contributed by atoms with Crippen molar-refractivity contribution in [2.45, 2.75) is 52.9 Å². The van der Waals surface area contributed by atoms with Crippen molar-refractivity contribution in [2.24, 2.45) is 0 Å². The van der Waals surface area contributed by atoms with Crippen molar-refractivity contribution in [2.75, 3.05) is 24.2 Å². The zero-order chi connectivity index (χ0) is 14.3. The van der Waals surface area contributed by atoms with E-state index in [1.54, 1.807) is 0 Å². The van der Waals surface area contributed by atoms with Gasteiger partial charge in [0.2, 0.25) is 5.88 Å². The topological polar surface area (TPSA) is 73.1 Å². The zero-order valence-corrected chi connectivity index (χ0v) is 12.5. The van der Waals surface area contributed by atoms with Gasteiger partial charge in [0, 0.05) is 12.5 Å². The number of nitrogen functional groups attached to an aromatic ring is 1. The maximum Gasteiger partial charge on any atom is 0.242 e. The van der Waals surface area contributed by atoms with E-state index in [1.807, 2.05) is 0 Å². The van der Waals surface area contributed by atoms with Gasteiger partial charge in [-0.05, 0) is 12.8 Å². The molecule has 1 aromatic rings. The van der Waals surface area contributed by atoms with Gasteiger partial charge in [-0.15, -0.1) is 0 Å². The van der Waals surface area contributed by atoms with Gasteiger partial charge in [-0.2, -0.15) is 4.98 Å². The standard InChI is InChI=1S/C14H26N4O/c1-5-7-8-16-13-11(15)14(19-9-6-2)18-12(17-13)10(3)4/h10H,5-9,15H2,1-4H3,(H,16,17,18).